The maximum atomic E-state index is 3.91. The summed E-state index contributed by atoms with van der Waals surface area (Å²) in [5.41, 5.74) is 4.72. The zero-order valence-electron chi connectivity index (χ0n) is 11.0. The monoisotopic (exact) mass is 225 g/mol. The van der Waals surface area contributed by atoms with Crippen molar-refractivity contribution in [1.82, 2.24) is 4.48 Å². The highest BCUT2D eigenvalue weighted by Crippen LogP contribution is 2.27. The van der Waals surface area contributed by atoms with Crippen molar-refractivity contribution in [1.29, 1.82) is 0 Å². The Hall–Kier alpha value is -1.70. The Morgan fingerprint density at radius 2 is 1.35 bits per heavy atom. The first-order chi connectivity index (χ1) is 8.24. The fraction of sp³-hybridized carbons (Fsp3) is 0.200. The van der Waals surface area contributed by atoms with Crippen molar-refractivity contribution in [2.45, 2.75) is 20.7 Å². The van der Waals surface area contributed by atoms with Gasteiger partial charge in [-0.1, -0.05) is 44.3 Å². The Kier molecular flexibility index (Phi) is 4.83. The lowest BCUT2D eigenvalue weighted by Gasteiger charge is -2.05. The van der Waals surface area contributed by atoms with Gasteiger partial charge in [0.2, 0.25) is 7.41 Å². The van der Waals surface area contributed by atoms with E-state index in [4.69, 9.17) is 0 Å². The highest BCUT2D eigenvalue weighted by Gasteiger charge is 2.14. The molecule has 0 unspecified atom stereocenters. The highest BCUT2D eigenvalue weighted by molar-refractivity contribution is 6.33. The lowest BCUT2D eigenvalue weighted by molar-refractivity contribution is 1.18. The molecule has 0 aliphatic rings. The molecule has 0 amide bonds. The van der Waals surface area contributed by atoms with Gasteiger partial charge in [-0.15, -0.1) is 0 Å². The molecule has 0 aliphatic carbocycles. The van der Waals surface area contributed by atoms with Crippen LogP contribution in [0.5, 0.6) is 0 Å². The summed E-state index contributed by atoms with van der Waals surface area (Å²) in [5, 5.41) is 0. The van der Waals surface area contributed by atoms with E-state index in [1.54, 1.807) is 0 Å². The molecular weight excluding hydrogens is 205 g/mol. The highest BCUT2D eigenvalue weighted by atomic mass is 14.9. The minimum Gasteiger partial charge on any atom is -0.389 e. The molecule has 1 heterocycles. The van der Waals surface area contributed by atoms with Crippen LogP contribution in [-0.4, -0.2) is 11.9 Å². The lowest BCUT2D eigenvalue weighted by Crippen LogP contribution is -2.06. The molecule has 0 bridgehead atoms. The number of aromatic nitrogens is 1. The van der Waals surface area contributed by atoms with E-state index in [1.165, 1.54) is 11.4 Å². The van der Waals surface area contributed by atoms with Crippen LogP contribution in [0.2, 0.25) is 6.82 Å². The van der Waals surface area contributed by atoms with Crippen LogP contribution in [0.3, 0.4) is 0 Å². The Morgan fingerprint density at radius 1 is 0.941 bits per heavy atom. The molecule has 2 heteroatoms. The molecule has 17 heavy (non-hydrogen) atoms. The fourth-order valence-corrected chi connectivity index (χ4v) is 2.14. The van der Waals surface area contributed by atoms with Gasteiger partial charge in [0.1, 0.15) is 0 Å². The van der Waals surface area contributed by atoms with E-state index in [0.717, 1.165) is 18.5 Å². The summed E-state index contributed by atoms with van der Waals surface area (Å²) in [5.74, 6) is 0. The van der Waals surface area contributed by atoms with Gasteiger partial charge in [0.15, 0.2) is 0 Å². The predicted octanol–water partition coefficient (Wildman–Crippen LogP) is 4.09. The summed E-state index contributed by atoms with van der Waals surface area (Å²) in [6, 6.07) is 0. The molecule has 1 aromatic rings. The van der Waals surface area contributed by atoms with Crippen LogP contribution in [0.25, 0.3) is 24.3 Å². The van der Waals surface area contributed by atoms with Crippen molar-refractivity contribution in [2.24, 2.45) is 0 Å². The molecular formula is C15H20BN. The van der Waals surface area contributed by atoms with Gasteiger partial charge in [-0.2, -0.15) is 0 Å². The van der Waals surface area contributed by atoms with E-state index < -0.39 is 0 Å². The topological polar surface area (TPSA) is 4.93 Å². The van der Waals surface area contributed by atoms with E-state index in [9.17, 15) is 0 Å². The normalized spacial score (nSPS) is 11.2. The van der Waals surface area contributed by atoms with Crippen LogP contribution in [0.1, 0.15) is 36.4 Å². The predicted molar refractivity (Wildman–Crippen MR) is 82.4 cm³/mol. The van der Waals surface area contributed by atoms with Crippen molar-refractivity contribution in [3.8, 4) is 0 Å². The molecule has 0 atom stereocenters. The Bertz CT molecular complexity index is 434. The van der Waals surface area contributed by atoms with Gasteiger partial charge in [-0.05, 0) is 26.0 Å². The molecule has 0 aromatic carbocycles. The molecule has 0 fully saturated rings. The van der Waals surface area contributed by atoms with Gasteiger partial charge in [-0.3, -0.25) is 0 Å². The second kappa shape index (κ2) is 6.14. The molecule has 0 spiro atoms. The maximum absolute atomic E-state index is 3.91. The van der Waals surface area contributed by atoms with Crippen LogP contribution in [0.15, 0.2) is 25.3 Å². The van der Waals surface area contributed by atoms with Crippen LogP contribution in [-0.2, 0) is 0 Å². The fourth-order valence-electron chi connectivity index (χ4n) is 2.14. The van der Waals surface area contributed by atoms with Crippen molar-refractivity contribution < 1.29 is 0 Å². The van der Waals surface area contributed by atoms with Gasteiger partial charge in [-0.25, -0.2) is 0 Å². The van der Waals surface area contributed by atoms with E-state index >= 15 is 0 Å². The molecule has 0 N–H and O–H groups in total. The minimum atomic E-state index is 0.939. The first kappa shape index (κ1) is 13.4. The molecule has 0 aliphatic heterocycles. The molecule has 88 valence electrons. The number of nitrogens with zero attached hydrogens (tertiary/aromatic N) is 1. The van der Waals surface area contributed by atoms with E-state index in [-0.39, 0.29) is 0 Å². The third kappa shape index (κ3) is 2.36. The van der Waals surface area contributed by atoms with E-state index in [1.807, 2.05) is 26.0 Å². The summed E-state index contributed by atoms with van der Waals surface area (Å²) in [6.45, 7) is 14.0. The number of hydrogen-bond acceptors (Lipinski definition) is 0. The Labute approximate surface area is 105 Å². The smallest absolute Gasteiger partial charge is 0.239 e. The second-order valence-electron chi connectivity index (χ2n) is 3.75. The largest absolute Gasteiger partial charge is 0.389 e. The Morgan fingerprint density at radius 3 is 1.59 bits per heavy atom. The molecule has 0 saturated heterocycles. The minimum absolute atomic E-state index is 0.939. The SMILES string of the molecule is C=Cc1c(C=C)c(/C=C\C)n(BC)c1/C=C\C. The van der Waals surface area contributed by atoms with Crippen molar-refractivity contribution in [2.75, 3.05) is 0 Å². The summed E-state index contributed by atoms with van der Waals surface area (Å²) in [4.78, 5) is 0. The van der Waals surface area contributed by atoms with Gasteiger partial charge in [0.25, 0.3) is 0 Å². The average molecular weight is 225 g/mol. The van der Waals surface area contributed by atoms with Gasteiger partial charge in [0.05, 0.1) is 0 Å². The van der Waals surface area contributed by atoms with Crippen molar-refractivity contribution in [3.05, 3.63) is 47.8 Å². The van der Waals surface area contributed by atoms with Crippen molar-refractivity contribution in [3.63, 3.8) is 0 Å². The molecule has 0 saturated carbocycles. The first-order valence-electron chi connectivity index (χ1n) is 6.01. The van der Waals surface area contributed by atoms with Crippen LogP contribution in [0.4, 0.5) is 0 Å². The molecule has 0 radical (unpaired) electrons. The van der Waals surface area contributed by atoms with Crippen LogP contribution >= 0.6 is 0 Å². The number of hydrogen-bond donors (Lipinski definition) is 0. The summed E-state index contributed by atoms with van der Waals surface area (Å²) in [6.07, 6.45) is 12.2. The van der Waals surface area contributed by atoms with Crippen LogP contribution < -0.4 is 0 Å². The quantitative estimate of drug-likeness (QED) is 0.665. The molecule has 1 nitrogen and oxygen atoms in total. The Balaban J connectivity index is 3.68. The molecule has 1 aromatic heterocycles. The number of allylic oxidation sites excluding steroid dienone is 2. The number of rotatable bonds is 5. The van der Waals surface area contributed by atoms with E-state index in [2.05, 4.69) is 48.8 Å². The first-order valence-corrected chi connectivity index (χ1v) is 6.01. The standard InChI is InChI=1S/C15H20BN/c1-6-10-14-12(8-3)13(9-4)15(11-7-2)17(14)16-5/h6-11,16H,3-4H2,1-2,5H3/b10-6-,11-7-. The maximum Gasteiger partial charge on any atom is 0.239 e. The van der Waals surface area contributed by atoms with Gasteiger partial charge >= 0.3 is 0 Å². The summed E-state index contributed by atoms with van der Waals surface area (Å²) >= 11 is 0. The summed E-state index contributed by atoms with van der Waals surface area (Å²) < 4.78 is 2.29. The van der Waals surface area contributed by atoms with E-state index in [0.29, 0.717) is 0 Å². The lowest BCUT2D eigenvalue weighted by atomic mass is 9.97. The zero-order chi connectivity index (χ0) is 12.8. The third-order valence-electron chi connectivity index (χ3n) is 2.80. The van der Waals surface area contributed by atoms with Gasteiger partial charge in [0, 0.05) is 22.5 Å². The van der Waals surface area contributed by atoms with Crippen molar-refractivity contribution >= 4 is 31.7 Å². The molecule has 1 rings (SSSR count). The van der Waals surface area contributed by atoms with Gasteiger partial charge < -0.3 is 4.48 Å². The zero-order valence-corrected chi connectivity index (χ0v) is 11.0. The summed E-state index contributed by atoms with van der Waals surface area (Å²) in [7, 11) is 0.939. The second-order valence-corrected chi connectivity index (χ2v) is 3.75. The average Bonchev–Trinajstić information content (AvgIpc) is 2.62. The van der Waals surface area contributed by atoms with Crippen LogP contribution in [0, 0.1) is 0 Å². The third-order valence-corrected chi connectivity index (χ3v) is 2.80.